The van der Waals surface area contributed by atoms with E-state index in [2.05, 4.69) is 17.1 Å². The van der Waals surface area contributed by atoms with Gasteiger partial charge < -0.3 is 14.9 Å². The first kappa shape index (κ1) is 18.1. The summed E-state index contributed by atoms with van der Waals surface area (Å²) in [4.78, 5) is 16.2. The van der Waals surface area contributed by atoms with Crippen LogP contribution >= 0.6 is 11.8 Å². The third-order valence-electron chi connectivity index (χ3n) is 3.92. The first-order valence-corrected chi connectivity index (χ1v) is 9.21. The molecule has 0 radical (unpaired) electrons. The number of amidine groups is 1. The molecule has 0 aliphatic carbocycles. The largest absolute Gasteiger partial charge is 0.497 e. The molecule has 0 saturated heterocycles. The van der Waals surface area contributed by atoms with Crippen LogP contribution in [0.4, 0.5) is 0 Å². The van der Waals surface area contributed by atoms with Gasteiger partial charge in [0.2, 0.25) is 0 Å². The molecule has 2 aromatic carbocycles. The molecule has 26 heavy (non-hydrogen) atoms. The molecule has 1 heterocycles. The van der Waals surface area contributed by atoms with Crippen LogP contribution in [0.2, 0.25) is 0 Å². The first-order chi connectivity index (χ1) is 12.7. The zero-order valence-electron chi connectivity index (χ0n) is 14.5. The standard InChI is InChI=1S/C20H20N2O3S/c1-24-16-7-8-17-15(11-19(23)25-18(17)12-16)13-26-20(21)22-10-9-14-5-3-2-4-6-14/h2-8,11-12H,9-10,13H2,1H3,(H2,21,22). The molecule has 0 fully saturated rings. The lowest BCUT2D eigenvalue weighted by molar-refractivity contribution is 0.414. The highest BCUT2D eigenvalue weighted by atomic mass is 32.2. The van der Waals surface area contributed by atoms with Gasteiger partial charge in [-0.25, -0.2) is 4.79 Å². The van der Waals surface area contributed by atoms with E-state index in [1.165, 1.54) is 23.4 Å². The highest BCUT2D eigenvalue weighted by molar-refractivity contribution is 8.13. The second-order valence-corrected chi connectivity index (χ2v) is 6.69. The molecule has 6 heteroatoms. The first-order valence-electron chi connectivity index (χ1n) is 8.23. The molecule has 0 spiro atoms. The molecule has 0 aliphatic heterocycles. The third kappa shape index (κ3) is 4.67. The predicted octanol–water partition coefficient (Wildman–Crippen LogP) is 3.59. The summed E-state index contributed by atoms with van der Waals surface area (Å²) < 4.78 is 10.4. The molecule has 0 atom stereocenters. The van der Waals surface area contributed by atoms with Crippen molar-refractivity contribution in [3.63, 3.8) is 0 Å². The molecule has 0 unspecified atom stereocenters. The van der Waals surface area contributed by atoms with Crippen molar-refractivity contribution in [1.82, 2.24) is 0 Å². The van der Waals surface area contributed by atoms with Gasteiger partial charge in [0.15, 0.2) is 5.17 Å². The van der Waals surface area contributed by atoms with Gasteiger partial charge in [-0.1, -0.05) is 42.1 Å². The molecule has 2 N–H and O–H groups in total. The van der Waals surface area contributed by atoms with Gasteiger partial charge in [0.1, 0.15) is 11.3 Å². The summed E-state index contributed by atoms with van der Waals surface area (Å²) in [6.07, 6.45) is 0.847. The number of hydrogen-bond acceptors (Lipinski definition) is 5. The van der Waals surface area contributed by atoms with E-state index in [1.807, 2.05) is 30.3 Å². The summed E-state index contributed by atoms with van der Waals surface area (Å²) in [5.74, 6) is 1.20. The number of methoxy groups -OCH3 is 1. The van der Waals surface area contributed by atoms with Gasteiger partial charge in [0.25, 0.3) is 0 Å². The van der Waals surface area contributed by atoms with Crippen molar-refractivity contribution < 1.29 is 9.15 Å². The van der Waals surface area contributed by atoms with Crippen LogP contribution in [0.5, 0.6) is 5.75 Å². The van der Waals surface area contributed by atoms with Gasteiger partial charge in [0.05, 0.1) is 7.11 Å². The lowest BCUT2D eigenvalue weighted by Crippen LogP contribution is -2.09. The molecule has 134 valence electrons. The number of thioether (sulfide) groups is 1. The van der Waals surface area contributed by atoms with Crippen LogP contribution in [0.25, 0.3) is 11.0 Å². The number of benzene rings is 2. The van der Waals surface area contributed by atoms with Crippen LogP contribution < -0.4 is 16.1 Å². The zero-order chi connectivity index (χ0) is 18.4. The van der Waals surface area contributed by atoms with E-state index in [0.29, 0.717) is 28.8 Å². The summed E-state index contributed by atoms with van der Waals surface area (Å²) in [6.45, 7) is 0.637. The Kier molecular flexibility index (Phi) is 5.96. The van der Waals surface area contributed by atoms with E-state index in [9.17, 15) is 4.79 Å². The Labute approximate surface area is 155 Å². The van der Waals surface area contributed by atoms with Crippen LogP contribution in [0.3, 0.4) is 0 Å². The maximum Gasteiger partial charge on any atom is 0.336 e. The smallest absolute Gasteiger partial charge is 0.336 e. The molecule has 3 rings (SSSR count). The van der Waals surface area contributed by atoms with Crippen LogP contribution in [0, 0.1) is 0 Å². The highest BCUT2D eigenvalue weighted by Crippen LogP contribution is 2.25. The van der Waals surface area contributed by atoms with E-state index in [1.54, 1.807) is 13.2 Å². The second-order valence-electron chi connectivity index (χ2n) is 5.70. The van der Waals surface area contributed by atoms with Gasteiger partial charge in [-0.05, 0) is 29.7 Å². The van der Waals surface area contributed by atoms with Gasteiger partial charge in [0, 0.05) is 29.8 Å². The number of nitrogens with two attached hydrogens (primary N) is 1. The summed E-state index contributed by atoms with van der Waals surface area (Å²) in [5, 5.41) is 1.38. The molecular formula is C20H20N2O3S. The molecule has 1 aromatic heterocycles. The van der Waals surface area contributed by atoms with E-state index < -0.39 is 0 Å². The Bertz CT molecular complexity index is 968. The number of rotatable bonds is 6. The van der Waals surface area contributed by atoms with Crippen molar-refractivity contribution in [2.75, 3.05) is 13.7 Å². The Morgan fingerprint density at radius 3 is 2.77 bits per heavy atom. The molecule has 3 aromatic rings. The van der Waals surface area contributed by atoms with Crippen LogP contribution in [0.1, 0.15) is 11.1 Å². The molecule has 0 aliphatic rings. The molecule has 0 amide bonds. The van der Waals surface area contributed by atoms with Gasteiger partial charge >= 0.3 is 5.63 Å². The van der Waals surface area contributed by atoms with Gasteiger partial charge in [-0.3, -0.25) is 4.99 Å². The van der Waals surface area contributed by atoms with Crippen molar-refractivity contribution in [2.24, 2.45) is 10.7 Å². The minimum Gasteiger partial charge on any atom is -0.497 e. The minimum absolute atomic E-state index is 0.388. The lowest BCUT2D eigenvalue weighted by Gasteiger charge is -2.07. The SMILES string of the molecule is COc1ccc2c(CSC(N)=NCCc3ccccc3)cc(=O)oc2c1. The lowest BCUT2D eigenvalue weighted by atomic mass is 10.1. The normalized spacial score (nSPS) is 11.7. The Morgan fingerprint density at radius 1 is 1.19 bits per heavy atom. The number of fused-ring (bicyclic) bond motifs is 1. The summed E-state index contributed by atoms with van der Waals surface area (Å²) in [6, 6.07) is 17.1. The zero-order valence-corrected chi connectivity index (χ0v) is 15.3. The van der Waals surface area contributed by atoms with Crippen molar-refractivity contribution >= 4 is 27.9 Å². The van der Waals surface area contributed by atoms with Gasteiger partial charge in [-0.15, -0.1) is 0 Å². The maximum absolute atomic E-state index is 11.8. The minimum atomic E-state index is -0.388. The van der Waals surface area contributed by atoms with E-state index in [0.717, 1.165) is 17.4 Å². The molecule has 0 bridgehead atoms. The van der Waals surface area contributed by atoms with E-state index >= 15 is 0 Å². The van der Waals surface area contributed by atoms with Crippen molar-refractivity contribution in [3.8, 4) is 5.75 Å². The van der Waals surface area contributed by atoms with E-state index in [4.69, 9.17) is 14.9 Å². The number of ether oxygens (including phenoxy) is 1. The summed E-state index contributed by atoms with van der Waals surface area (Å²) >= 11 is 1.41. The number of aliphatic imine (C=N–C) groups is 1. The highest BCUT2D eigenvalue weighted by Gasteiger charge is 2.08. The van der Waals surface area contributed by atoms with Crippen LogP contribution in [-0.4, -0.2) is 18.8 Å². The Balaban J connectivity index is 1.67. The topological polar surface area (TPSA) is 77.8 Å². The summed E-state index contributed by atoms with van der Waals surface area (Å²) in [5.41, 5.74) is 8.22. The van der Waals surface area contributed by atoms with Crippen LogP contribution in [-0.2, 0) is 12.2 Å². The quantitative estimate of drug-likeness (QED) is 0.409. The predicted molar refractivity (Wildman–Crippen MR) is 107 cm³/mol. The fourth-order valence-electron chi connectivity index (χ4n) is 2.59. The third-order valence-corrected chi connectivity index (χ3v) is 4.80. The Hall–Kier alpha value is -2.73. The summed E-state index contributed by atoms with van der Waals surface area (Å²) in [7, 11) is 1.57. The average molecular weight is 368 g/mol. The average Bonchev–Trinajstić information content (AvgIpc) is 2.66. The van der Waals surface area contributed by atoms with Gasteiger partial charge in [-0.2, -0.15) is 0 Å². The molecule has 0 saturated carbocycles. The Morgan fingerprint density at radius 2 is 2.00 bits per heavy atom. The number of nitrogens with zero attached hydrogens (tertiary/aromatic N) is 1. The second kappa shape index (κ2) is 8.58. The maximum atomic E-state index is 11.8. The molecule has 5 nitrogen and oxygen atoms in total. The fourth-order valence-corrected chi connectivity index (χ4v) is 3.32. The van der Waals surface area contributed by atoms with E-state index in [-0.39, 0.29) is 5.63 Å². The number of hydrogen-bond donors (Lipinski definition) is 1. The monoisotopic (exact) mass is 368 g/mol. The van der Waals surface area contributed by atoms with Crippen molar-refractivity contribution in [2.45, 2.75) is 12.2 Å². The van der Waals surface area contributed by atoms with Crippen LogP contribution in [0.15, 0.2) is 68.8 Å². The fraction of sp³-hybridized carbons (Fsp3) is 0.200. The molecular weight excluding hydrogens is 348 g/mol. The van der Waals surface area contributed by atoms with Crippen molar-refractivity contribution in [3.05, 3.63) is 76.1 Å². The van der Waals surface area contributed by atoms with Crippen molar-refractivity contribution in [1.29, 1.82) is 0 Å².